The van der Waals surface area contributed by atoms with Crippen LogP contribution < -0.4 is 15.5 Å². The summed E-state index contributed by atoms with van der Waals surface area (Å²) in [6.45, 7) is 15.4. The van der Waals surface area contributed by atoms with Crippen molar-refractivity contribution in [2.24, 2.45) is 0 Å². The minimum Gasteiger partial charge on any atom is -0.444 e. The van der Waals surface area contributed by atoms with Crippen molar-refractivity contribution < 1.29 is 14.3 Å². The zero-order valence-electron chi connectivity index (χ0n) is 18.5. The van der Waals surface area contributed by atoms with Crippen molar-refractivity contribution in [2.75, 3.05) is 49.5 Å². The molecule has 1 aliphatic rings. The fourth-order valence-corrected chi connectivity index (χ4v) is 3.27. The van der Waals surface area contributed by atoms with Crippen molar-refractivity contribution in [3.63, 3.8) is 0 Å². The summed E-state index contributed by atoms with van der Waals surface area (Å²) in [6, 6.07) is 6.20. The number of alkyl carbamates (subject to hydrolysis) is 1. The fraction of sp³-hybridized carbons (Fsp3) is 0.636. The van der Waals surface area contributed by atoms with Gasteiger partial charge in [-0.15, -0.1) is 0 Å². The van der Waals surface area contributed by atoms with Gasteiger partial charge in [0.1, 0.15) is 5.60 Å². The molecule has 162 valence electrons. The van der Waals surface area contributed by atoms with Crippen LogP contribution in [0.25, 0.3) is 0 Å². The van der Waals surface area contributed by atoms with Gasteiger partial charge in [0.25, 0.3) is 0 Å². The first-order valence-corrected chi connectivity index (χ1v) is 10.5. The molecule has 1 saturated heterocycles. The number of carbonyl (C=O) groups is 2. The number of hydrogen-bond donors (Lipinski definition) is 2. The Morgan fingerprint density at radius 2 is 1.83 bits per heavy atom. The van der Waals surface area contributed by atoms with Gasteiger partial charge in [0.2, 0.25) is 5.91 Å². The number of nitrogens with one attached hydrogen (secondary N) is 2. The number of ether oxygens (including phenoxy) is 1. The highest BCUT2D eigenvalue weighted by molar-refractivity contribution is 5.91. The average molecular weight is 405 g/mol. The SMILES string of the molecule is CCN1CCN(c2ccc(NC(=O)CCCNC(=O)OC(C)(C)C)c(C)c2)CC1. The van der Waals surface area contributed by atoms with Crippen molar-refractivity contribution >= 4 is 23.4 Å². The van der Waals surface area contributed by atoms with Gasteiger partial charge < -0.3 is 25.2 Å². The van der Waals surface area contributed by atoms with Crippen LogP contribution in [0.4, 0.5) is 16.2 Å². The maximum Gasteiger partial charge on any atom is 0.407 e. The molecule has 1 aliphatic heterocycles. The minimum atomic E-state index is -0.519. The van der Waals surface area contributed by atoms with Gasteiger partial charge in [-0.25, -0.2) is 4.79 Å². The fourth-order valence-electron chi connectivity index (χ4n) is 3.27. The van der Waals surface area contributed by atoms with Gasteiger partial charge >= 0.3 is 6.09 Å². The third-order valence-electron chi connectivity index (χ3n) is 4.92. The maximum atomic E-state index is 12.2. The van der Waals surface area contributed by atoms with Gasteiger partial charge in [-0.1, -0.05) is 6.92 Å². The van der Waals surface area contributed by atoms with Gasteiger partial charge in [-0.3, -0.25) is 4.79 Å². The number of aryl methyl sites for hydroxylation is 1. The molecule has 7 heteroatoms. The number of likely N-dealkylation sites (N-methyl/N-ethyl adjacent to an activating group) is 1. The molecule has 0 saturated carbocycles. The van der Waals surface area contributed by atoms with E-state index in [-0.39, 0.29) is 5.91 Å². The van der Waals surface area contributed by atoms with Crippen LogP contribution in [0.5, 0.6) is 0 Å². The van der Waals surface area contributed by atoms with E-state index in [0.717, 1.165) is 44.0 Å². The molecule has 2 rings (SSSR count). The zero-order valence-corrected chi connectivity index (χ0v) is 18.5. The number of piperazine rings is 1. The van der Waals surface area contributed by atoms with Crippen LogP contribution in [0.3, 0.4) is 0 Å². The van der Waals surface area contributed by atoms with E-state index in [1.54, 1.807) is 0 Å². The standard InChI is InChI=1S/C22H36N4O3/c1-6-25-12-14-26(15-13-25)18-9-10-19(17(2)16-18)24-20(27)8-7-11-23-21(28)29-22(3,4)5/h9-10,16H,6-8,11-15H2,1-5H3,(H,23,28)(H,24,27). The molecule has 0 spiro atoms. The molecule has 2 amide bonds. The number of anilines is 2. The van der Waals surface area contributed by atoms with Crippen molar-refractivity contribution in [2.45, 2.75) is 53.1 Å². The summed E-state index contributed by atoms with van der Waals surface area (Å²) in [5.74, 6) is -0.0524. The second-order valence-electron chi connectivity index (χ2n) is 8.50. The second-order valence-corrected chi connectivity index (χ2v) is 8.50. The van der Waals surface area contributed by atoms with E-state index in [1.807, 2.05) is 33.8 Å². The molecule has 0 radical (unpaired) electrons. The molecule has 1 aromatic rings. The first kappa shape index (κ1) is 23.0. The average Bonchev–Trinajstić information content (AvgIpc) is 2.65. The Hall–Kier alpha value is -2.28. The molecular weight excluding hydrogens is 368 g/mol. The summed E-state index contributed by atoms with van der Waals surface area (Å²) < 4.78 is 5.17. The number of hydrogen-bond acceptors (Lipinski definition) is 5. The molecule has 1 fully saturated rings. The first-order chi connectivity index (χ1) is 13.7. The van der Waals surface area contributed by atoms with Crippen LogP contribution in [0.2, 0.25) is 0 Å². The van der Waals surface area contributed by atoms with Gasteiger partial charge in [0.05, 0.1) is 0 Å². The van der Waals surface area contributed by atoms with Gasteiger partial charge in [-0.2, -0.15) is 0 Å². The number of carbonyl (C=O) groups excluding carboxylic acids is 2. The second kappa shape index (κ2) is 10.5. The molecule has 29 heavy (non-hydrogen) atoms. The summed E-state index contributed by atoms with van der Waals surface area (Å²) in [7, 11) is 0. The van der Waals surface area contributed by atoms with Gasteiger partial charge in [0.15, 0.2) is 0 Å². The zero-order chi connectivity index (χ0) is 21.4. The van der Waals surface area contributed by atoms with Gasteiger partial charge in [0, 0.05) is 50.5 Å². The summed E-state index contributed by atoms with van der Waals surface area (Å²) in [5, 5.41) is 5.64. The van der Waals surface area contributed by atoms with E-state index in [9.17, 15) is 9.59 Å². The third kappa shape index (κ3) is 7.93. The summed E-state index contributed by atoms with van der Waals surface area (Å²) in [4.78, 5) is 28.7. The lowest BCUT2D eigenvalue weighted by Gasteiger charge is -2.35. The molecular formula is C22H36N4O3. The lowest BCUT2D eigenvalue weighted by molar-refractivity contribution is -0.116. The Morgan fingerprint density at radius 1 is 1.14 bits per heavy atom. The molecule has 2 N–H and O–H groups in total. The number of rotatable bonds is 7. The van der Waals surface area contributed by atoms with E-state index in [1.165, 1.54) is 5.69 Å². The van der Waals surface area contributed by atoms with Crippen LogP contribution in [0, 0.1) is 6.92 Å². The van der Waals surface area contributed by atoms with E-state index in [2.05, 4.69) is 39.5 Å². The van der Waals surface area contributed by atoms with Crippen LogP contribution in [0.15, 0.2) is 18.2 Å². The molecule has 0 unspecified atom stereocenters. The Morgan fingerprint density at radius 3 is 2.41 bits per heavy atom. The Bertz CT molecular complexity index is 692. The molecule has 1 aromatic carbocycles. The molecule has 0 aliphatic carbocycles. The molecule has 0 atom stereocenters. The topological polar surface area (TPSA) is 73.9 Å². The lowest BCUT2D eigenvalue weighted by Crippen LogP contribution is -2.46. The Balaban J connectivity index is 1.75. The molecule has 1 heterocycles. The highest BCUT2D eigenvalue weighted by atomic mass is 16.6. The first-order valence-electron chi connectivity index (χ1n) is 10.5. The van der Waals surface area contributed by atoms with Crippen molar-refractivity contribution in [3.05, 3.63) is 23.8 Å². The van der Waals surface area contributed by atoms with Crippen LogP contribution in [-0.2, 0) is 9.53 Å². The number of amides is 2. The Labute approximate surface area is 174 Å². The van der Waals surface area contributed by atoms with E-state index >= 15 is 0 Å². The highest BCUT2D eigenvalue weighted by Crippen LogP contribution is 2.24. The largest absolute Gasteiger partial charge is 0.444 e. The van der Waals surface area contributed by atoms with Crippen LogP contribution in [0.1, 0.15) is 46.1 Å². The molecule has 0 aromatic heterocycles. The van der Waals surface area contributed by atoms with Crippen molar-refractivity contribution in [1.82, 2.24) is 10.2 Å². The third-order valence-corrected chi connectivity index (χ3v) is 4.92. The summed E-state index contributed by atoms with van der Waals surface area (Å²) in [5.41, 5.74) is 2.58. The normalized spacial score (nSPS) is 15.1. The molecule has 0 bridgehead atoms. The van der Waals surface area contributed by atoms with Crippen LogP contribution >= 0.6 is 0 Å². The predicted molar refractivity (Wildman–Crippen MR) is 118 cm³/mol. The number of benzene rings is 1. The molecule has 7 nitrogen and oxygen atoms in total. The monoisotopic (exact) mass is 404 g/mol. The van der Waals surface area contributed by atoms with Crippen LogP contribution in [-0.4, -0.2) is 61.8 Å². The van der Waals surface area contributed by atoms with E-state index < -0.39 is 11.7 Å². The van der Waals surface area contributed by atoms with Gasteiger partial charge in [-0.05, 0) is 64.4 Å². The predicted octanol–water partition coefficient (Wildman–Crippen LogP) is 3.38. The van der Waals surface area contributed by atoms with E-state index in [4.69, 9.17) is 4.74 Å². The van der Waals surface area contributed by atoms with Crippen molar-refractivity contribution in [3.8, 4) is 0 Å². The van der Waals surface area contributed by atoms with E-state index in [0.29, 0.717) is 19.4 Å². The quantitative estimate of drug-likeness (QED) is 0.682. The summed E-state index contributed by atoms with van der Waals surface area (Å²) in [6.07, 6.45) is 0.448. The smallest absolute Gasteiger partial charge is 0.407 e. The minimum absolute atomic E-state index is 0.0524. The Kier molecular flexibility index (Phi) is 8.32. The lowest BCUT2D eigenvalue weighted by atomic mass is 10.1. The number of nitrogens with zero attached hydrogens (tertiary/aromatic N) is 2. The summed E-state index contributed by atoms with van der Waals surface area (Å²) >= 11 is 0. The van der Waals surface area contributed by atoms with Crippen molar-refractivity contribution in [1.29, 1.82) is 0 Å². The maximum absolute atomic E-state index is 12.2. The highest BCUT2D eigenvalue weighted by Gasteiger charge is 2.17.